The number of benzene rings is 2. The van der Waals surface area contributed by atoms with Crippen LogP contribution in [0, 0.1) is 5.41 Å². The van der Waals surface area contributed by atoms with Gasteiger partial charge < -0.3 is 9.47 Å². The smallest absolute Gasteiger partial charge is 0.120 e. The Hall–Kier alpha value is -1.96. The van der Waals surface area contributed by atoms with Crippen LogP contribution < -0.4 is 9.47 Å². The van der Waals surface area contributed by atoms with Gasteiger partial charge >= 0.3 is 0 Å². The molecule has 0 fully saturated rings. The molecule has 28 heavy (non-hydrogen) atoms. The summed E-state index contributed by atoms with van der Waals surface area (Å²) in [6.07, 6.45) is 0.346. The zero-order chi connectivity index (χ0) is 20.9. The third-order valence-electron chi connectivity index (χ3n) is 7.19. The van der Waals surface area contributed by atoms with Crippen LogP contribution in [0.4, 0.5) is 0 Å². The largest absolute Gasteiger partial charge is 0.491 e. The second-order valence-corrected chi connectivity index (χ2v) is 9.94. The van der Waals surface area contributed by atoms with E-state index in [-0.39, 0.29) is 28.5 Å². The van der Waals surface area contributed by atoms with Gasteiger partial charge in [0.25, 0.3) is 0 Å². The highest BCUT2D eigenvalue weighted by molar-refractivity contribution is 5.57. The molecule has 1 aliphatic carbocycles. The molecule has 3 rings (SSSR count). The zero-order valence-electron chi connectivity index (χ0n) is 19.0. The molecule has 2 aromatic rings. The fourth-order valence-corrected chi connectivity index (χ4v) is 4.78. The van der Waals surface area contributed by atoms with E-state index in [0.717, 1.165) is 11.5 Å². The summed E-state index contributed by atoms with van der Waals surface area (Å²) in [4.78, 5) is 0. The molecular weight excluding hydrogens is 344 g/mol. The lowest BCUT2D eigenvalue weighted by Crippen LogP contribution is -2.44. The average Bonchev–Trinajstić information content (AvgIpc) is 2.70. The van der Waals surface area contributed by atoms with E-state index in [1.165, 1.54) is 16.7 Å². The van der Waals surface area contributed by atoms with E-state index in [9.17, 15) is 0 Å². The summed E-state index contributed by atoms with van der Waals surface area (Å²) >= 11 is 0. The van der Waals surface area contributed by atoms with Crippen LogP contribution in [0.5, 0.6) is 11.5 Å². The van der Waals surface area contributed by atoms with Gasteiger partial charge in [-0.25, -0.2) is 0 Å². The quantitative estimate of drug-likeness (QED) is 0.562. The minimum Gasteiger partial charge on any atom is -0.491 e. The number of hydrogen-bond donors (Lipinski definition) is 0. The molecule has 152 valence electrons. The van der Waals surface area contributed by atoms with Gasteiger partial charge in [-0.2, -0.15) is 0 Å². The first-order chi connectivity index (χ1) is 12.9. The standard InChI is InChI=1S/C26H36O2/c1-17(2)27-20-12-10-19(11-13-20)26(9)23-16-21(28-18(3)4)14-15-22(23)24(5,6)25(26,7)8/h10-18H,1-9H3/t26-/m0/s1. The van der Waals surface area contributed by atoms with Gasteiger partial charge in [0.2, 0.25) is 0 Å². The van der Waals surface area contributed by atoms with Crippen molar-refractivity contribution in [2.45, 2.75) is 85.4 Å². The Morgan fingerprint density at radius 2 is 1.14 bits per heavy atom. The Bertz CT molecular complexity index is 843. The molecule has 0 unspecified atom stereocenters. The topological polar surface area (TPSA) is 18.5 Å². The first-order valence-electron chi connectivity index (χ1n) is 10.5. The van der Waals surface area contributed by atoms with Gasteiger partial charge in [-0.1, -0.05) is 52.8 Å². The Morgan fingerprint density at radius 1 is 0.643 bits per heavy atom. The molecule has 0 bridgehead atoms. The van der Waals surface area contributed by atoms with Crippen molar-refractivity contribution in [2.75, 3.05) is 0 Å². The van der Waals surface area contributed by atoms with Gasteiger partial charge in [-0.3, -0.25) is 0 Å². The molecule has 1 atom stereocenters. The van der Waals surface area contributed by atoms with Crippen molar-refractivity contribution in [1.82, 2.24) is 0 Å². The number of ether oxygens (including phenoxy) is 2. The van der Waals surface area contributed by atoms with Crippen LogP contribution in [0.1, 0.15) is 79.0 Å². The summed E-state index contributed by atoms with van der Waals surface area (Å²) in [6.45, 7) is 20.2. The predicted octanol–water partition coefficient (Wildman–Crippen LogP) is 6.88. The first kappa shape index (κ1) is 20.8. The van der Waals surface area contributed by atoms with Gasteiger partial charge in [0.1, 0.15) is 11.5 Å². The summed E-state index contributed by atoms with van der Waals surface area (Å²) in [7, 11) is 0. The van der Waals surface area contributed by atoms with E-state index >= 15 is 0 Å². The predicted molar refractivity (Wildman–Crippen MR) is 118 cm³/mol. The Balaban J connectivity index is 2.16. The summed E-state index contributed by atoms with van der Waals surface area (Å²) in [5, 5.41) is 0. The van der Waals surface area contributed by atoms with Gasteiger partial charge in [0.15, 0.2) is 0 Å². The molecule has 0 heterocycles. The van der Waals surface area contributed by atoms with Gasteiger partial charge in [-0.05, 0) is 79.5 Å². The SMILES string of the molecule is CC(C)Oc1ccc([C@@]2(C)c3cc(OC(C)C)ccc3C(C)(C)C2(C)C)cc1. The van der Waals surface area contributed by atoms with E-state index in [2.05, 4.69) is 105 Å². The lowest BCUT2D eigenvalue weighted by molar-refractivity contribution is 0.139. The van der Waals surface area contributed by atoms with Crippen molar-refractivity contribution in [2.24, 2.45) is 5.41 Å². The van der Waals surface area contributed by atoms with Gasteiger partial charge in [0, 0.05) is 5.41 Å². The molecule has 0 radical (unpaired) electrons. The van der Waals surface area contributed by atoms with Crippen LogP contribution in [-0.4, -0.2) is 12.2 Å². The van der Waals surface area contributed by atoms with Crippen LogP contribution in [0.25, 0.3) is 0 Å². The van der Waals surface area contributed by atoms with Crippen molar-refractivity contribution in [3.8, 4) is 11.5 Å². The monoisotopic (exact) mass is 380 g/mol. The zero-order valence-corrected chi connectivity index (χ0v) is 19.0. The number of fused-ring (bicyclic) bond motifs is 1. The molecule has 0 spiro atoms. The molecule has 0 saturated heterocycles. The highest BCUT2D eigenvalue weighted by Gasteiger charge is 2.59. The van der Waals surface area contributed by atoms with Crippen molar-refractivity contribution >= 4 is 0 Å². The Kier molecular flexibility index (Phi) is 5.06. The third kappa shape index (κ3) is 3.02. The summed E-state index contributed by atoms with van der Waals surface area (Å²) in [5.74, 6) is 1.88. The van der Waals surface area contributed by atoms with Crippen LogP contribution >= 0.6 is 0 Å². The van der Waals surface area contributed by atoms with Crippen LogP contribution in [0.3, 0.4) is 0 Å². The van der Waals surface area contributed by atoms with Crippen molar-refractivity contribution in [3.63, 3.8) is 0 Å². The summed E-state index contributed by atoms with van der Waals surface area (Å²) in [5.41, 5.74) is 4.05. The maximum Gasteiger partial charge on any atom is 0.120 e. The molecule has 0 aliphatic heterocycles. The van der Waals surface area contributed by atoms with Gasteiger partial charge in [-0.15, -0.1) is 0 Å². The fourth-order valence-electron chi connectivity index (χ4n) is 4.78. The molecule has 0 aromatic heterocycles. The van der Waals surface area contributed by atoms with E-state index in [1.807, 2.05) is 0 Å². The maximum atomic E-state index is 6.05. The van der Waals surface area contributed by atoms with E-state index in [0.29, 0.717) is 0 Å². The third-order valence-corrected chi connectivity index (χ3v) is 7.19. The fraction of sp³-hybridized carbons (Fsp3) is 0.538. The Morgan fingerprint density at radius 3 is 1.68 bits per heavy atom. The molecule has 0 amide bonds. The molecular formula is C26H36O2. The normalized spacial score (nSPS) is 22.4. The Labute approximate surface area is 171 Å². The second-order valence-electron chi connectivity index (χ2n) is 9.94. The highest BCUT2D eigenvalue weighted by Crippen LogP contribution is 2.64. The minimum absolute atomic E-state index is 0.0270. The number of rotatable bonds is 5. The van der Waals surface area contributed by atoms with Crippen LogP contribution in [0.2, 0.25) is 0 Å². The molecule has 2 nitrogen and oxygen atoms in total. The minimum atomic E-state index is -0.126. The van der Waals surface area contributed by atoms with Crippen molar-refractivity contribution < 1.29 is 9.47 Å². The molecule has 2 aromatic carbocycles. The average molecular weight is 381 g/mol. The van der Waals surface area contributed by atoms with Crippen LogP contribution in [0.15, 0.2) is 42.5 Å². The van der Waals surface area contributed by atoms with Crippen molar-refractivity contribution in [3.05, 3.63) is 59.2 Å². The highest BCUT2D eigenvalue weighted by atomic mass is 16.5. The lowest BCUT2D eigenvalue weighted by atomic mass is 9.56. The molecule has 1 aliphatic rings. The molecule has 0 N–H and O–H groups in total. The first-order valence-corrected chi connectivity index (χ1v) is 10.5. The lowest BCUT2D eigenvalue weighted by Gasteiger charge is -2.47. The molecule has 2 heteroatoms. The maximum absolute atomic E-state index is 6.05. The van der Waals surface area contributed by atoms with Crippen LogP contribution in [-0.2, 0) is 10.8 Å². The van der Waals surface area contributed by atoms with E-state index < -0.39 is 0 Å². The van der Waals surface area contributed by atoms with Gasteiger partial charge in [0.05, 0.1) is 12.2 Å². The summed E-state index contributed by atoms with van der Waals surface area (Å²) < 4.78 is 11.9. The van der Waals surface area contributed by atoms with Crippen molar-refractivity contribution in [1.29, 1.82) is 0 Å². The van der Waals surface area contributed by atoms with E-state index in [4.69, 9.17) is 9.47 Å². The summed E-state index contributed by atoms with van der Waals surface area (Å²) in [6, 6.07) is 15.4. The number of hydrogen-bond acceptors (Lipinski definition) is 2. The molecule has 0 saturated carbocycles. The second kappa shape index (κ2) is 6.83. The van der Waals surface area contributed by atoms with E-state index in [1.54, 1.807) is 0 Å².